The number of piperazine rings is 1. The molecular formula is C28H32F2N2O. The number of hydrogen-bond donors (Lipinski definition) is 0. The average Bonchev–Trinajstić information content (AvgIpc) is 2.83. The first-order chi connectivity index (χ1) is 16.0. The van der Waals surface area contributed by atoms with Crippen molar-refractivity contribution in [3.63, 3.8) is 0 Å². The van der Waals surface area contributed by atoms with E-state index in [1.165, 1.54) is 23.8 Å². The maximum atomic E-state index is 14.6. The van der Waals surface area contributed by atoms with Crippen molar-refractivity contribution in [3.05, 3.63) is 95.6 Å². The molecule has 5 heteroatoms. The monoisotopic (exact) mass is 450 g/mol. The first-order valence-corrected chi connectivity index (χ1v) is 11.7. The minimum atomic E-state index is -0.355. The van der Waals surface area contributed by atoms with Crippen LogP contribution in [-0.4, -0.2) is 37.6 Å². The van der Waals surface area contributed by atoms with Gasteiger partial charge in [0.15, 0.2) is 0 Å². The maximum absolute atomic E-state index is 14.6. The minimum absolute atomic E-state index is 0.213. The third-order valence-electron chi connectivity index (χ3n) is 6.35. The van der Waals surface area contributed by atoms with E-state index in [9.17, 15) is 8.78 Å². The molecular weight excluding hydrogens is 418 g/mol. The second-order valence-electron chi connectivity index (χ2n) is 8.95. The largest absolute Gasteiger partial charge is 0.486 e. The zero-order valence-corrected chi connectivity index (χ0v) is 19.4. The van der Waals surface area contributed by atoms with Crippen molar-refractivity contribution < 1.29 is 13.5 Å². The van der Waals surface area contributed by atoms with Crippen molar-refractivity contribution >= 4 is 5.69 Å². The van der Waals surface area contributed by atoms with Crippen molar-refractivity contribution in [2.24, 2.45) is 0 Å². The lowest BCUT2D eigenvalue weighted by Crippen LogP contribution is -2.46. The topological polar surface area (TPSA) is 15.7 Å². The Hall–Kier alpha value is -2.92. The van der Waals surface area contributed by atoms with Gasteiger partial charge in [-0.2, -0.15) is 0 Å². The van der Waals surface area contributed by atoms with Crippen LogP contribution in [0, 0.1) is 11.6 Å². The highest BCUT2D eigenvalue weighted by Crippen LogP contribution is 2.29. The Labute approximate surface area is 195 Å². The summed E-state index contributed by atoms with van der Waals surface area (Å²) in [6, 6.07) is 21.7. The summed E-state index contributed by atoms with van der Waals surface area (Å²) in [5, 5.41) is 0. The Bertz CT molecular complexity index is 1010. The van der Waals surface area contributed by atoms with Crippen LogP contribution in [0.2, 0.25) is 0 Å². The Morgan fingerprint density at radius 1 is 0.818 bits per heavy atom. The number of halogens is 2. The fourth-order valence-corrected chi connectivity index (χ4v) is 4.29. The number of nitrogens with zero attached hydrogens (tertiary/aromatic N) is 2. The molecule has 0 radical (unpaired) electrons. The van der Waals surface area contributed by atoms with Gasteiger partial charge in [-0.1, -0.05) is 44.2 Å². The first kappa shape index (κ1) is 23.2. The van der Waals surface area contributed by atoms with Gasteiger partial charge in [0.1, 0.15) is 23.5 Å². The zero-order chi connectivity index (χ0) is 23.2. The number of anilines is 1. The molecule has 3 nitrogen and oxygen atoms in total. The molecule has 1 atom stereocenters. The second kappa shape index (κ2) is 10.8. The predicted octanol–water partition coefficient (Wildman–Crippen LogP) is 6.42. The van der Waals surface area contributed by atoms with Crippen LogP contribution in [0.25, 0.3) is 0 Å². The Balaban J connectivity index is 1.38. The molecule has 0 spiro atoms. The highest BCUT2D eigenvalue weighted by molar-refractivity contribution is 5.46. The normalized spacial score (nSPS) is 15.6. The van der Waals surface area contributed by atoms with Crippen LogP contribution in [0.5, 0.6) is 5.75 Å². The summed E-state index contributed by atoms with van der Waals surface area (Å²) in [6.07, 6.45) is 0.342. The third kappa shape index (κ3) is 6.11. The van der Waals surface area contributed by atoms with Crippen LogP contribution in [0.15, 0.2) is 72.8 Å². The van der Waals surface area contributed by atoms with Gasteiger partial charge in [-0.25, -0.2) is 8.78 Å². The van der Waals surface area contributed by atoms with Crippen LogP contribution in [0.1, 0.15) is 43.4 Å². The summed E-state index contributed by atoms with van der Waals surface area (Å²) in [5.41, 5.74) is 2.90. The van der Waals surface area contributed by atoms with E-state index in [0.717, 1.165) is 44.2 Å². The second-order valence-corrected chi connectivity index (χ2v) is 8.95. The quantitative estimate of drug-likeness (QED) is 0.394. The highest BCUT2D eigenvalue weighted by atomic mass is 19.1. The van der Waals surface area contributed by atoms with E-state index in [4.69, 9.17) is 4.74 Å². The summed E-state index contributed by atoms with van der Waals surface area (Å²) < 4.78 is 34.1. The molecule has 1 unspecified atom stereocenters. The molecule has 1 fully saturated rings. The Morgan fingerprint density at radius 2 is 1.48 bits per heavy atom. The lowest BCUT2D eigenvalue weighted by molar-refractivity contribution is 0.157. The number of benzene rings is 3. The Kier molecular flexibility index (Phi) is 7.61. The average molecular weight is 451 g/mol. The van der Waals surface area contributed by atoms with E-state index in [1.54, 1.807) is 6.07 Å². The first-order valence-electron chi connectivity index (χ1n) is 11.7. The van der Waals surface area contributed by atoms with Crippen LogP contribution in [0.3, 0.4) is 0 Å². The van der Waals surface area contributed by atoms with Gasteiger partial charge in [0, 0.05) is 50.4 Å². The van der Waals surface area contributed by atoms with E-state index < -0.39 is 0 Å². The van der Waals surface area contributed by atoms with Crippen molar-refractivity contribution in [2.75, 3.05) is 37.6 Å². The van der Waals surface area contributed by atoms with E-state index in [0.29, 0.717) is 17.9 Å². The van der Waals surface area contributed by atoms with Crippen molar-refractivity contribution in [3.8, 4) is 5.75 Å². The van der Waals surface area contributed by atoms with E-state index in [2.05, 4.69) is 35.8 Å². The summed E-state index contributed by atoms with van der Waals surface area (Å²) >= 11 is 0. The summed E-state index contributed by atoms with van der Waals surface area (Å²) in [5.74, 6) is 0.765. The fourth-order valence-electron chi connectivity index (χ4n) is 4.29. The molecule has 0 aliphatic carbocycles. The van der Waals surface area contributed by atoms with Gasteiger partial charge in [0.25, 0.3) is 0 Å². The van der Waals surface area contributed by atoms with Crippen LogP contribution in [0.4, 0.5) is 14.5 Å². The molecule has 33 heavy (non-hydrogen) atoms. The third-order valence-corrected chi connectivity index (χ3v) is 6.35. The fraction of sp³-hybridized carbons (Fsp3) is 0.357. The molecule has 1 heterocycles. The standard InChI is InChI=1S/C28H32F2N2O/c1-21(2)22-7-13-25(14-8-22)33-28(26-5-3-4-6-27(26)30)15-16-31-17-19-32(20-18-31)24-11-9-23(29)10-12-24/h3-14,21,28H,15-20H2,1-2H3. The molecule has 0 N–H and O–H groups in total. The van der Waals surface area contributed by atoms with Gasteiger partial charge in [-0.05, 0) is 53.9 Å². The molecule has 1 aliphatic rings. The smallest absolute Gasteiger partial charge is 0.130 e. The summed E-state index contributed by atoms with van der Waals surface area (Å²) in [4.78, 5) is 4.66. The van der Waals surface area contributed by atoms with E-state index in [-0.39, 0.29) is 17.7 Å². The highest BCUT2D eigenvalue weighted by Gasteiger charge is 2.22. The molecule has 0 amide bonds. The molecule has 0 aromatic heterocycles. The molecule has 3 aromatic rings. The van der Waals surface area contributed by atoms with Gasteiger partial charge in [-0.3, -0.25) is 4.90 Å². The lowest BCUT2D eigenvalue weighted by atomic mass is 10.0. The van der Waals surface area contributed by atoms with Gasteiger partial charge in [0.2, 0.25) is 0 Å². The van der Waals surface area contributed by atoms with Gasteiger partial charge in [0.05, 0.1) is 0 Å². The lowest BCUT2D eigenvalue weighted by Gasteiger charge is -2.36. The molecule has 0 bridgehead atoms. The van der Waals surface area contributed by atoms with Crippen LogP contribution in [-0.2, 0) is 0 Å². The molecule has 0 saturated carbocycles. The number of ether oxygens (including phenoxy) is 1. The zero-order valence-electron chi connectivity index (χ0n) is 19.4. The Morgan fingerprint density at radius 3 is 2.12 bits per heavy atom. The van der Waals surface area contributed by atoms with Gasteiger partial charge in [-0.15, -0.1) is 0 Å². The number of rotatable bonds is 8. The molecule has 4 rings (SSSR count). The summed E-state index contributed by atoms with van der Waals surface area (Å²) in [6.45, 7) is 8.72. The van der Waals surface area contributed by atoms with Crippen molar-refractivity contribution in [1.82, 2.24) is 4.90 Å². The maximum Gasteiger partial charge on any atom is 0.130 e. The van der Waals surface area contributed by atoms with E-state index in [1.807, 2.05) is 36.4 Å². The minimum Gasteiger partial charge on any atom is -0.486 e. The number of hydrogen-bond acceptors (Lipinski definition) is 3. The SMILES string of the molecule is CC(C)c1ccc(OC(CCN2CCN(c3ccc(F)cc3)CC2)c2ccccc2F)cc1. The summed E-state index contributed by atoms with van der Waals surface area (Å²) in [7, 11) is 0. The van der Waals surface area contributed by atoms with E-state index >= 15 is 0 Å². The van der Waals surface area contributed by atoms with Crippen molar-refractivity contribution in [2.45, 2.75) is 32.3 Å². The molecule has 1 saturated heterocycles. The van der Waals surface area contributed by atoms with Crippen LogP contribution >= 0.6 is 0 Å². The predicted molar refractivity (Wildman–Crippen MR) is 130 cm³/mol. The molecule has 174 valence electrons. The molecule has 3 aromatic carbocycles. The molecule has 1 aliphatic heterocycles. The van der Waals surface area contributed by atoms with Crippen molar-refractivity contribution in [1.29, 1.82) is 0 Å². The van der Waals surface area contributed by atoms with Gasteiger partial charge >= 0.3 is 0 Å². The van der Waals surface area contributed by atoms with Crippen LogP contribution < -0.4 is 9.64 Å². The van der Waals surface area contributed by atoms with Gasteiger partial charge < -0.3 is 9.64 Å².